The molecule has 0 radical (unpaired) electrons. The van der Waals surface area contributed by atoms with Crippen molar-refractivity contribution in [3.63, 3.8) is 0 Å². The van der Waals surface area contributed by atoms with Crippen LogP contribution in [0.1, 0.15) is 28.3 Å². The number of halogens is 4. The van der Waals surface area contributed by atoms with Crippen LogP contribution in [0.5, 0.6) is 0 Å². The highest BCUT2D eigenvalue weighted by Gasteiger charge is 2.31. The summed E-state index contributed by atoms with van der Waals surface area (Å²) in [6.45, 7) is 1.69. The molecule has 2 aromatic rings. The molecule has 1 N–H and O–H groups in total. The summed E-state index contributed by atoms with van der Waals surface area (Å²) in [5.74, 6) is 0. The summed E-state index contributed by atoms with van der Waals surface area (Å²) < 4.78 is 38.2. The first-order chi connectivity index (χ1) is 9.82. The Balaban J connectivity index is 2.41. The van der Waals surface area contributed by atoms with Crippen LogP contribution in [0.25, 0.3) is 0 Å². The average Bonchev–Trinajstić information content (AvgIpc) is 2.42. The summed E-state index contributed by atoms with van der Waals surface area (Å²) in [5.41, 5.74) is 1.73. The van der Waals surface area contributed by atoms with Gasteiger partial charge in [-0.15, -0.1) is 0 Å². The summed E-state index contributed by atoms with van der Waals surface area (Å²) in [7, 11) is 1.77. The molecule has 1 atom stereocenters. The molecule has 112 valence electrons. The van der Waals surface area contributed by atoms with Gasteiger partial charge >= 0.3 is 6.18 Å². The van der Waals surface area contributed by atoms with Crippen molar-refractivity contribution in [2.75, 3.05) is 7.05 Å². The Morgan fingerprint density at radius 1 is 1.05 bits per heavy atom. The number of alkyl halides is 3. The SMILES string of the molecule is CNC(c1ccc(Cl)cc1)c1ccc(C(F)(F)F)cc1C. The second-order valence-electron chi connectivity index (χ2n) is 4.84. The van der Waals surface area contributed by atoms with Gasteiger partial charge in [-0.3, -0.25) is 0 Å². The van der Waals surface area contributed by atoms with Crippen LogP contribution in [-0.2, 0) is 6.18 Å². The Bertz CT molecular complexity index is 620. The minimum atomic E-state index is -4.32. The zero-order valence-corrected chi connectivity index (χ0v) is 12.4. The summed E-state index contributed by atoms with van der Waals surface area (Å²) >= 11 is 5.86. The first-order valence-corrected chi connectivity index (χ1v) is 6.81. The van der Waals surface area contributed by atoms with Gasteiger partial charge in [-0.1, -0.05) is 29.8 Å². The standard InChI is InChI=1S/C16H15ClF3N/c1-10-9-12(16(18,19)20)5-8-14(10)15(21-2)11-3-6-13(17)7-4-11/h3-9,15,21H,1-2H3. The molecule has 0 saturated heterocycles. The van der Waals surface area contributed by atoms with E-state index in [0.29, 0.717) is 10.6 Å². The molecule has 0 saturated carbocycles. The fraction of sp³-hybridized carbons (Fsp3) is 0.250. The highest BCUT2D eigenvalue weighted by molar-refractivity contribution is 6.30. The quantitative estimate of drug-likeness (QED) is 0.843. The third-order valence-corrected chi connectivity index (χ3v) is 3.65. The Labute approximate surface area is 126 Å². The topological polar surface area (TPSA) is 12.0 Å². The molecule has 0 aliphatic carbocycles. The first-order valence-electron chi connectivity index (χ1n) is 6.43. The maximum atomic E-state index is 12.7. The largest absolute Gasteiger partial charge is 0.416 e. The van der Waals surface area contributed by atoms with Crippen molar-refractivity contribution in [1.82, 2.24) is 5.32 Å². The van der Waals surface area contributed by atoms with Gasteiger partial charge < -0.3 is 5.32 Å². The molecule has 2 aromatic carbocycles. The fourth-order valence-corrected chi connectivity index (χ4v) is 2.46. The second-order valence-corrected chi connectivity index (χ2v) is 5.28. The third-order valence-electron chi connectivity index (χ3n) is 3.40. The van der Waals surface area contributed by atoms with Crippen LogP contribution in [0.15, 0.2) is 42.5 Å². The van der Waals surface area contributed by atoms with Crippen LogP contribution in [0.2, 0.25) is 5.02 Å². The lowest BCUT2D eigenvalue weighted by Crippen LogP contribution is -2.19. The molecule has 2 rings (SSSR count). The lowest BCUT2D eigenvalue weighted by Gasteiger charge is -2.20. The van der Waals surface area contributed by atoms with Gasteiger partial charge in [-0.05, 0) is 54.9 Å². The Kier molecular flexibility index (Phi) is 4.59. The van der Waals surface area contributed by atoms with E-state index >= 15 is 0 Å². The van der Waals surface area contributed by atoms with E-state index in [-0.39, 0.29) is 6.04 Å². The van der Waals surface area contributed by atoms with Crippen LogP contribution in [0.4, 0.5) is 13.2 Å². The number of benzene rings is 2. The van der Waals surface area contributed by atoms with Crippen molar-refractivity contribution in [3.8, 4) is 0 Å². The summed E-state index contributed by atoms with van der Waals surface area (Å²) in [6.07, 6.45) is -4.32. The van der Waals surface area contributed by atoms with E-state index in [0.717, 1.165) is 17.2 Å². The van der Waals surface area contributed by atoms with Gasteiger partial charge in [0.25, 0.3) is 0 Å². The van der Waals surface area contributed by atoms with E-state index < -0.39 is 11.7 Å². The lowest BCUT2D eigenvalue weighted by atomic mass is 9.93. The lowest BCUT2D eigenvalue weighted by molar-refractivity contribution is -0.137. The predicted molar refractivity (Wildman–Crippen MR) is 78.5 cm³/mol. The highest BCUT2D eigenvalue weighted by Crippen LogP contribution is 2.33. The number of nitrogens with one attached hydrogen (secondary N) is 1. The molecule has 0 heterocycles. The molecule has 0 bridgehead atoms. The smallest absolute Gasteiger partial charge is 0.309 e. The van der Waals surface area contributed by atoms with Crippen molar-refractivity contribution in [1.29, 1.82) is 0 Å². The third kappa shape index (κ3) is 3.57. The highest BCUT2D eigenvalue weighted by atomic mass is 35.5. The number of hydrogen-bond donors (Lipinski definition) is 1. The number of rotatable bonds is 3. The van der Waals surface area contributed by atoms with Crippen molar-refractivity contribution in [2.45, 2.75) is 19.1 Å². The molecular weight excluding hydrogens is 299 g/mol. The van der Waals surface area contributed by atoms with E-state index in [9.17, 15) is 13.2 Å². The molecule has 1 unspecified atom stereocenters. The van der Waals surface area contributed by atoms with Crippen LogP contribution in [0, 0.1) is 6.92 Å². The Hall–Kier alpha value is -1.52. The minimum Gasteiger partial charge on any atom is -0.309 e. The number of hydrogen-bond acceptors (Lipinski definition) is 1. The molecule has 0 spiro atoms. The van der Waals surface area contributed by atoms with Gasteiger partial charge in [0.2, 0.25) is 0 Å². The van der Waals surface area contributed by atoms with Crippen molar-refractivity contribution in [2.24, 2.45) is 0 Å². The first kappa shape index (κ1) is 15.9. The maximum Gasteiger partial charge on any atom is 0.416 e. The van der Waals surface area contributed by atoms with Gasteiger partial charge in [-0.2, -0.15) is 13.2 Å². The molecule has 1 nitrogen and oxygen atoms in total. The van der Waals surface area contributed by atoms with Gasteiger partial charge in [0, 0.05) is 5.02 Å². The zero-order valence-electron chi connectivity index (χ0n) is 11.6. The molecule has 0 aliphatic heterocycles. The van der Waals surface area contributed by atoms with E-state index in [1.807, 2.05) is 12.1 Å². The van der Waals surface area contributed by atoms with Crippen LogP contribution < -0.4 is 5.32 Å². The molecule has 0 amide bonds. The Morgan fingerprint density at radius 3 is 2.14 bits per heavy atom. The minimum absolute atomic E-state index is 0.176. The zero-order chi connectivity index (χ0) is 15.6. The monoisotopic (exact) mass is 313 g/mol. The van der Waals surface area contributed by atoms with Crippen molar-refractivity contribution >= 4 is 11.6 Å². The predicted octanol–water partition coefficient (Wildman–Crippen LogP) is 4.98. The van der Waals surface area contributed by atoms with Gasteiger partial charge in [0.1, 0.15) is 0 Å². The molecule has 0 fully saturated rings. The molecular formula is C16H15ClF3N. The van der Waals surface area contributed by atoms with Gasteiger partial charge in [0.05, 0.1) is 11.6 Å². The summed E-state index contributed by atoms with van der Waals surface area (Å²) in [5, 5.41) is 3.75. The van der Waals surface area contributed by atoms with E-state index in [4.69, 9.17) is 11.6 Å². The van der Waals surface area contributed by atoms with Crippen LogP contribution in [-0.4, -0.2) is 7.05 Å². The average molecular weight is 314 g/mol. The summed E-state index contributed by atoms with van der Waals surface area (Å²) in [6, 6.07) is 10.9. The van der Waals surface area contributed by atoms with Gasteiger partial charge in [0.15, 0.2) is 0 Å². The van der Waals surface area contributed by atoms with Crippen molar-refractivity contribution in [3.05, 3.63) is 69.7 Å². The molecule has 5 heteroatoms. The Morgan fingerprint density at radius 2 is 1.67 bits per heavy atom. The maximum absolute atomic E-state index is 12.7. The van der Waals surface area contributed by atoms with Crippen molar-refractivity contribution < 1.29 is 13.2 Å². The van der Waals surface area contributed by atoms with E-state index in [2.05, 4.69) is 5.32 Å². The van der Waals surface area contributed by atoms with Crippen LogP contribution in [0.3, 0.4) is 0 Å². The molecule has 0 aliphatic rings. The molecule has 21 heavy (non-hydrogen) atoms. The summed E-state index contributed by atoms with van der Waals surface area (Å²) in [4.78, 5) is 0. The molecule has 0 aromatic heterocycles. The number of aryl methyl sites for hydroxylation is 1. The van der Waals surface area contributed by atoms with Gasteiger partial charge in [-0.25, -0.2) is 0 Å². The second kappa shape index (κ2) is 6.08. The fourth-order valence-electron chi connectivity index (χ4n) is 2.33. The van der Waals surface area contributed by atoms with E-state index in [1.165, 1.54) is 12.1 Å². The van der Waals surface area contributed by atoms with E-state index in [1.54, 1.807) is 26.1 Å². The normalized spacial score (nSPS) is 13.2. The van der Waals surface area contributed by atoms with Crippen LogP contribution >= 0.6 is 11.6 Å².